The van der Waals surface area contributed by atoms with E-state index >= 15 is 0 Å². The van der Waals surface area contributed by atoms with Crippen molar-refractivity contribution in [1.29, 1.82) is 0 Å². The van der Waals surface area contributed by atoms with Gasteiger partial charge in [0, 0.05) is 31.8 Å². The van der Waals surface area contributed by atoms with Crippen LogP contribution in [0.2, 0.25) is 0 Å². The van der Waals surface area contributed by atoms with Crippen LogP contribution in [-0.4, -0.2) is 67.4 Å². The van der Waals surface area contributed by atoms with Gasteiger partial charge in [0.25, 0.3) is 5.69 Å². The molecule has 1 aromatic rings. The number of rotatable bonds is 7. The minimum atomic E-state index is -1.01. The predicted molar refractivity (Wildman–Crippen MR) is 119 cm³/mol. The van der Waals surface area contributed by atoms with Gasteiger partial charge in [-0.05, 0) is 18.4 Å². The molecule has 1 heterocycles. The Kier molecular flexibility index (Phi) is 12.7. The van der Waals surface area contributed by atoms with E-state index in [0.717, 1.165) is 26.1 Å². The summed E-state index contributed by atoms with van der Waals surface area (Å²) in [4.78, 5) is 57.3. The lowest BCUT2D eigenvalue weighted by molar-refractivity contribution is -0.384. The molecule has 1 atom stereocenters. The van der Waals surface area contributed by atoms with E-state index in [1.165, 1.54) is 24.3 Å². The van der Waals surface area contributed by atoms with Crippen LogP contribution >= 0.6 is 0 Å². The van der Waals surface area contributed by atoms with Crippen LogP contribution in [0.25, 0.3) is 0 Å². The predicted octanol–water partition coefficient (Wildman–Crippen LogP) is -0.193. The smallest absolute Gasteiger partial charge is 0.269 e. The second-order valence-corrected chi connectivity index (χ2v) is 7.13. The zero-order chi connectivity index (χ0) is 24.6. The van der Waals surface area contributed by atoms with Crippen LogP contribution < -0.4 is 21.3 Å². The fourth-order valence-electron chi connectivity index (χ4n) is 2.61. The molecule has 0 spiro atoms. The molecule has 0 aliphatic carbocycles. The van der Waals surface area contributed by atoms with Crippen LogP contribution in [0.1, 0.15) is 32.3 Å². The molecule has 2 rings (SSSR count). The first kappa shape index (κ1) is 27.5. The van der Waals surface area contributed by atoms with Crippen molar-refractivity contribution >= 4 is 29.3 Å². The van der Waals surface area contributed by atoms with Crippen LogP contribution in [0.5, 0.6) is 0 Å². The first-order valence-corrected chi connectivity index (χ1v) is 10.7. The van der Waals surface area contributed by atoms with Crippen molar-refractivity contribution in [3.05, 3.63) is 39.9 Å². The number of nitrogens with one attached hydrogen (secondary N) is 4. The molecule has 1 aliphatic rings. The maximum absolute atomic E-state index is 12.3. The van der Waals surface area contributed by atoms with Gasteiger partial charge in [0.15, 0.2) is 0 Å². The zero-order valence-corrected chi connectivity index (χ0v) is 18.8. The quantitative estimate of drug-likeness (QED) is 0.246. The number of non-ortho nitro benzene ring substituents is 1. The van der Waals surface area contributed by atoms with Crippen LogP contribution in [0.15, 0.2) is 24.3 Å². The number of hydrogen-bond donors (Lipinski definition) is 4. The standard InChI is InChI=1S/C15H17N5O6.C6H14O/c21-12-6-16-13(22)7-18-15(24)11(19-14(23)8-17-12)5-9-1-3-10(4-2-9)20(25)26;1-3-5-7-6-4-2/h1-4,11H,5-8H2,(H,16,22)(H,17,21)(H,18,24)(H,19,23);3-6H2,1-2H3. The lowest BCUT2D eigenvalue weighted by Crippen LogP contribution is -2.54. The number of nitro groups is 1. The highest BCUT2D eigenvalue weighted by Gasteiger charge is 2.23. The van der Waals surface area contributed by atoms with Crippen molar-refractivity contribution in [2.24, 2.45) is 0 Å². The maximum atomic E-state index is 12.3. The van der Waals surface area contributed by atoms with Crippen molar-refractivity contribution in [2.45, 2.75) is 39.2 Å². The van der Waals surface area contributed by atoms with E-state index in [2.05, 4.69) is 35.1 Å². The normalized spacial score (nSPS) is 17.1. The third-order valence-electron chi connectivity index (χ3n) is 4.25. The fraction of sp³-hybridized carbons (Fsp3) is 0.524. The molecule has 1 unspecified atom stereocenters. The number of carbonyl (C=O) groups excluding carboxylic acids is 4. The van der Waals surface area contributed by atoms with E-state index in [1.807, 2.05) is 0 Å². The number of nitro benzene ring substituents is 1. The van der Waals surface area contributed by atoms with Gasteiger partial charge in [-0.25, -0.2) is 0 Å². The van der Waals surface area contributed by atoms with Gasteiger partial charge in [0.1, 0.15) is 6.04 Å². The molecule has 4 amide bonds. The molecule has 4 N–H and O–H groups in total. The molecule has 0 bridgehead atoms. The van der Waals surface area contributed by atoms with Crippen molar-refractivity contribution in [2.75, 3.05) is 32.8 Å². The molecular formula is C21H31N5O7. The topological polar surface area (TPSA) is 169 Å². The number of benzene rings is 1. The van der Waals surface area contributed by atoms with E-state index in [4.69, 9.17) is 4.74 Å². The van der Waals surface area contributed by atoms with E-state index in [9.17, 15) is 29.3 Å². The van der Waals surface area contributed by atoms with E-state index in [0.29, 0.717) is 5.56 Å². The lowest BCUT2D eigenvalue weighted by atomic mass is 10.0. The molecule has 1 saturated heterocycles. The Balaban J connectivity index is 0.000000675. The molecule has 12 nitrogen and oxygen atoms in total. The Bertz CT molecular complexity index is 810. The van der Waals surface area contributed by atoms with Crippen molar-refractivity contribution in [1.82, 2.24) is 21.3 Å². The summed E-state index contributed by atoms with van der Waals surface area (Å²) < 4.78 is 5.13. The second kappa shape index (κ2) is 15.3. The van der Waals surface area contributed by atoms with E-state index < -0.39 is 34.6 Å². The maximum Gasteiger partial charge on any atom is 0.269 e. The molecule has 1 aliphatic heterocycles. The molecule has 12 heteroatoms. The second-order valence-electron chi connectivity index (χ2n) is 7.13. The van der Waals surface area contributed by atoms with Crippen LogP contribution in [0.4, 0.5) is 5.69 Å². The number of ether oxygens (including phenoxy) is 1. The highest BCUT2D eigenvalue weighted by Crippen LogP contribution is 2.13. The molecule has 182 valence electrons. The zero-order valence-electron chi connectivity index (χ0n) is 18.8. The highest BCUT2D eigenvalue weighted by molar-refractivity contribution is 5.94. The first-order chi connectivity index (χ1) is 15.8. The monoisotopic (exact) mass is 465 g/mol. The van der Waals surface area contributed by atoms with Crippen LogP contribution in [-0.2, 0) is 30.3 Å². The van der Waals surface area contributed by atoms with Crippen molar-refractivity contribution < 1.29 is 28.8 Å². The Morgan fingerprint density at radius 3 is 1.91 bits per heavy atom. The summed E-state index contributed by atoms with van der Waals surface area (Å²) in [7, 11) is 0. The molecule has 1 fully saturated rings. The van der Waals surface area contributed by atoms with Gasteiger partial charge in [-0.15, -0.1) is 0 Å². The van der Waals surface area contributed by atoms with E-state index in [-0.39, 0.29) is 31.7 Å². The summed E-state index contributed by atoms with van der Waals surface area (Å²) in [5.41, 5.74) is 0.483. The Morgan fingerprint density at radius 1 is 0.879 bits per heavy atom. The highest BCUT2D eigenvalue weighted by atomic mass is 16.6. The summed E-state index contributed by atoms with van der Waals surface area (Å²) in [6, 6.07) is 4.52. The minimum absolute atomic E-state index is 0.0606. The minimum Gasteiger partial charge on any atom is -0.381 e. The van der Waals surface area contributed by atoms with Gasteiger partial charge in [-0.2, -0.15) is 0 Å². The Labute approximate surface area is 192 Å². The molecular weight excluding hydrogens is 434 g/mol. The summed E-state index contributed by atoms with van der Waals surface area (Å²) >= 11 is 0. The first-order valence-electron chi connectivity index (χ1n) is 10.7. The lowest BCUT2D eigenvalue weighted by Gasteiger charge is -2.19. The van der Waals surface area contributed by atoms with Gasteiger partial charge in [-0.1, -0.05) is 26.0 Å². The number of amides is 4. The Morgan fingerprint density at radius 2 is 1.39 bits per heavy atom. The third-order valence-corrected chi connectivity index (χ3v) is 4.25. The molecule has 0 aromatic heterocycles. The van der Waals surface area contributed by atoms with Crippen molar-refractivity contribution in [3.8, 4) is 0 Å². The molecule has 33 heavy (non-hydrogen) atoms. The summed E-state index contributed by atoms with van der Waals surface area (Å²) in [6.07, 6.45) is 2.34. The average molecular weight is 466 g/mol. The SMILES string of the molecule is CCCOCCC.O=C1CNC(=O)CNC(=O)C(Cc2ccc([N+](=O)[O-])cc2)NC(=O)CN1. The van der Waals surface area contributed by atoms with Gasteiger partial charge >= 0.3 is 0 Å². The largest absolute Gasteiger partial charge is 0.381 e. The van der Waals surface area contributed by atoms with Gasteiger partial charge in [0.2, 0.25) is 23.6 Å². The van der Waals surface area contributed by atoms with Gasteiger partial charge < -0.3 is 26.0 Å². The molecule has 0 saturated carbocycles. The summed E-state index contributed by atoms with van der Waals surface area (Å²) in [5, 5.41) is 20.2. The Hall–Kier alpha value is -3.54. The molecule has 0 radical (unpaired) electrons. The molecule has 1 aromatic carbocycles. The van der Waals surface area contributed by atoms with E-state index in [1.54, 1.807) is 0 Å². The number of hydrogen-bond acceptors (Lipinski definition) is 7. The van der Waals surface area contributed by atoms with Crippen LogP contribution in [0, 0.1) is 10.1 Å². The van der Waals surface area contributed by atoms with Gasteiger partial charge in [0.05, 0.1) is 24.6 Å². The number of carbonyl (C=O) groups is 4. The summed E-state index contributed by atoms with van der Waals surface area (Å²) in [6.45, 7) is 5.10. The third kappa shape index (κ3) is 11.6. The van der Waals surface area contributed by atoms with Crippen molar-refractivity contribution in [3.63, 3.8) is 0 Å². The number of nitrogens with zero attached hydrogens (tertiary/aromatic N) is 1. The van der Waals surface area contributed by atoms with Gasteiger partial charge in [-0.3, -0.25) is 29.3 Å². The fourth-order valence-corrected chi connectivity index (χ4v) is 2.61. The summed E-state index contributed by atoms with van der Waals surface area (Å²) in [5.74, 6) is -2.24. The van der Waals surface area contributed by atoms with Crippen LogP contribution in [0.3, 0.4) is 0 Å². The average Bonchev–Trinajstić information content (AvgIpc) is 2.80.